The number of aryl methyl sites for hydroxylation is 1. The maximum atomic E-state index is 14.1. The van der Waals surface area contributed by atoms with Crippen molar-refractivity contribution in [1.82, 2.24) is 10.2 Å². The molecule has 0 saturated carbocycles. The Kier molecular flexibility index (Phi) is 11.1. The minimum atomic E-state index is -4.30. The summed E-state index contributed by atoms with van der Waals surface area (Å²) in [5.41, 5.74) is 1.30. The molecule has 0 saturated heterocycles. The number of amides is 2. The fourth-order valence-corrected chi connectivity index (χ4v) is 6.49. The second kappa shape index (κ2) is 13.9. The molecule has 0 aromatic heterocycles. The molecule has 1 N–H and O–H groups in total. The first-order valence-electron chi connectivity index (χ1n) is 12.5. The third kappa shape index (κ3) is 7.22. The minimum Gasteiger partial charge on any atom is -0.355 e. The monoisotopic (exact) mass is 643 g/mol. The van der Waals surface area contributed by atoms with E-state index >= 15 is 0 Å². The fraction of sp³-hybridized carbons (Fsp3) is 0.286. The first-order valence-corrected chi connectivity index (χ1v) is 15.4. The molecule has 40 heavy (non-hydrogen) atoms. The number of likely N-dealkylation sites (N-methyl/N-ethyl adjacent to an activating group) is 1. The summed E-state index contributed by atoms with van der Waals surface area (Å²) in [4.78, 5) is 28.4. The van der Waals surface area contributed by atoms with E-state index in [2.05, 4.69) is 5.32 Å². The van der Waals surface area contributed by atoms with Gasteiger partial charge in [0.2, 0.25) is 11.8 Å². The van der Waals surface area contributed by atoms with Gasteiger partial charge in [0.1, 0.15) is 12.6 Å². The van der Waals surface area contributed by atoms with E-state index in [1.807, 2.05) is 6.92 Å². The zero-order valence-corrected chi connectivity index (χ0v) is 26.0. The molecule has 0 heterocycles. The highest BCUT2D eigenvalue weighted by atomic mass is 35.5. The molecule has 0 bridgehead atoms. The van der Waals surface area contributed by atoms with Gasteiger partial charge in [0.15, 0.2) is 0 Å². The number of halogens is 4. The van der Waals surface area contributed by atoms with Crippen LogP contribution >= 0.6 is 46.4 Å². The van der Waals surface area contributed by atoms with Crippen LogP contribution in [0.25, 0.3) is 0 Å². The van der Waals surface area contributed by atoms with E-state index in [9.17, 15) is 18.0 Å². The van der Waals surface area contributed by atoms with Crippen molar-refractivity contribution < 1.29 is 18.0 Å². The third-order valence-electron chi connectivity index (χ3n) is 6.21. The van der Waals surface area contributed by atoms with Gasteiger partial charge in [-0.2, -0.15) is 0 Å². The number of anilines is 1. The normalized spacial score (nSPS) is 12.1. The Labute approximate surface area is 255 Å². The van der Waals surface area contributed by atoms with Crippen LogP contribution < -0.4 is 9.62 Å². The summed E-state index contributed by atoms with van der Waals surface area (Å²) in [5, 5.41) is 3.43. The predicted octanol–water partition coefficient (Wildman–Crippen LogP) is 6.75. The molecule has 0 aliphatic heterocycles. The fourth-order valence-electron chi connectivity index (χ4n) is 4.10. The van der Waals surface area contributed by atoms with Gasteiger partial charge in [0, 0.05) is 28.7 Å². The molecule has 3 aromatic carbocycles. The van der Waals surface area contributed by atoms with Crippen molar-refractivity contribution in [1.29, 1.82) is 0 Å². The van der Waals surface area contributed by atoms with Crippen molar-refractivity contribution >= 4 is 73.9 Å². The average molecular weight is 645 g/mol. The molecular formula is C28H29Cl4N3O4S. The number of nitrogens with one attached hydrogen (secondary N) is 1. The lowest BCUT2D eigenvalue weighted by Gasteiger charge is -2.33. The molecule has 3 aromatic rings. The summed E-state index contributed by atoms with van der Waals surface area (Å²) in [6.07, 6.45) is 0.252. The molecule has 0 radical (unpaired) electrons. The lowest BCUT2D eigenvalue weighted by molar-refractivity contribution is -0.140. The maximum Gasteiger partial charge on any atom is 0.264 e. The molecule has 0 spiro atoms. The van der Waals surface area contributed by atoms with Crippen LogP contribution in [0.3, 0.4) is 0 Å². The lowest BCUT2D eigenvalue weighted by Crippen LogP contribution is -2.52. The highest BCUT2D eigenvalue weighted by Gasteiger charge is 2.35. The van der Waals surface area contributed by atoms with Crippen molar-refractivity contribution in [2.24, 2.45) is 0 Å². The van der Waals surface area contributed by atoms with Gasteiger partial charge in [-0.15, -0.1) is 0 Å². The van der Waals surface area contributed by atoms with Crippen LogP contribution in [0.15, 0.2) is 65.6 Å². The largest absolute Gasteiger partial charge is 0.355 e. The molecular weight excluding hydrogens is 616 g/mol. The first kappa shape index (κ1) is 32.0. The smallest absolute Gasteiger partial charge is 0.264 e. The summed E-state index contributed by atoms with van der Waals surface area (Å²) >= 11 is 25.5. The van der Waals surface area contributed by atoms with Gasteiger partial charge in [0.25, 0.3) is 10.0 Å². The molecule has 0 aliphatic carbocycles. The van der Waals surface area contributed by atoms with E-state index < -0.39 is 34.4 Å². The number of rotatable bonds is 11. The van der Waals surface area contributed by atoms with Gasteiger partial charge >= 0.3 is 0 Å². The Bertz CT molecular complexity index is 1460. The van der Waals surface area contributed by atoms with Crippen LogP contribution in [0.5, 0.6) is 0 Å². The predicted molar refractivity (Wildman–Crippen MR) is 162 cm³/mol. The summed E-state index contributed by atoms with van der Waals surface area (Å²) in [7, 11) is -4.30. The topological polar surface area (TPSA) is 86.8 Å². The Balaban J connectivity index is 2.14. The third-order valence-corrected chi connectivity index (χ3v) is 9.51. The van der Waals surface area contributed by atoms with E-state index in [1.165, 1.54) is 35.2 Å². The van der Waals surface area contributed by atoms with Crippen molar-refractivity contribution in [3.05, 3.63) is 91.9 Å². The van der Waals surface area contributed by atoms with Crippen molar-refractivity contribution in [2.45, 2.75) is 44.7 Å². The molecule has 2 amide bonds. The highest BCUT2D eigenvalue weighted by Crippen LogP contribution is 2.36. The van der Waals surface area contributed by atoms with Crippen LogP contribution in [-0.4, -0.2) is 44.3 Å². The van der Waals surface area contributed by atoms with Crippen molar-refractivity contribution in [3.8, 4) is 0 Å². The van der Waals surface area contributed by atoms with E-state index in [0.717, 1.165) is 9.87 Å². The van der Waals surface area contributed by atoms with Crippen LogP contribution in [-0.2, 0) is 26.2 Å². The highest BCUT2D eigenvalue weighted by molar-refractivity contribution is 7.92. The molecule has 214 valence electrons. The summed E-state index contributed by atoms with van der Waals surface area (Å²) in [5.74, 6) is -1.06. The standard InChI is InChI=1S/C28H29Cl4N3O4S/c1-4-24(28(37)33-5-2)34(16-20-21(29)8-6-9-22(20)30)26(36)17-35(25-11-7-10-23(31)27(25)32)40(38,39)19-14-12-18(3)13-15-19/h6-15,24H,4-5,16-17H2,1-3H3,(H,33,37)/t24-/m1/s1. The second-order valence-electron chi connectivity index (χ2n) is 8.94. The van der Waals surface area contributed by atoms with E-state index in [0.29, 0.717) is 22.2 Å². The molecule has 0 fully saturated rings. The number of nitrogens with zero attached hydrogens (tertiary/aromatic N) is 2. The number of benzene rings is 3. The van der Waals surface area contributed by atoms with Crippen molar-refractivity contribution in [2.75, 3.05) is 17.4 Å². The molecule has 0 unspecified atom stereocenters. The molecule has 0 aliphatic rings. The lowest BCUT2D eigenvalue weighted by atomic mass is 10.1. The van der Waals surface area contributed by atoms with Crippen molar-refractivity contribution in [3.63, 3.8) is 0 Å². The first-order chi connectivity index (χ1) is 18.9. The summed E-state index contributed by atoms with van der Waals surface area (Å²) < 4.78 is 28.8. The second-order valence-corrected chi connectivity index (χ2v) is 12.4. The number of hydrogen-bond donors (Lipinski definition) is 1. The average Bonchev–Trinajstić information content (AvgIpc) is 2.91. The van der Waals surface area contributed by atoms with E-state index in [4.69, 9.17) is 46.4 Å². The number of sulfonamides is 1. The number of carbonyl (C=O) groups is 2. The van der Waals surface area contributed by atoms with Gasteiger partial charge in [-0.1, -0.05) is 83.2 Å². The quantitative estimate of drug-likeness (QED) is 0.250. The number of hydrogen-bond acceptors (Lipinski definition) is 4. The van der Waals surface area contributed by atoms with Gasteiger partial charge in [-0.3, -0.25) is 13.9 Å². The maximum absolute atomic E-state index is 14.1. The molecule has 12 heteroatoms. The Hall–Kier alpha value is -2.49. The van der Waals surface area contributed by atoms with Gasteiger partial charge < -0.3 is 10.2 Å². The van der Waals surface area contributed by atoms with Crippen LogP contribution in [0.1, 0.15) is 31.4 Å². The zero-order chi connectivity index (χ0) is 29.6. The Morgan fingerprint density at radius 1 is 0.875 bits per heavy atom. The van der Waals surface area contributed by atoms with E-state index in [1.54, 1.807) is 44.2 Å². The van der Waals surface area contributed by atoms with Gasteiger partial charge in [-0.05, 0) is 56.7 Å². The SMILES string of the molecule is CCNC(=O)[C@@H](CC)N(Cc1c(Cl)cccc1Cl)C(=O)CN(c1cccc(Cl)c1Cl)S(=O)(=O)c1ccc(C)cc1. The van der Waals surface area contributed by atoms with Crippen LogP contribution in [0.4, 0.5) is 5.69 Å². The van der Waals surface area contributed by atoms with Gasteiger partial charge in [-0.25, -0.2) is 8.42 Å². The number of carbonyl (C=O) groups excluding carboxylic acids is 2. The molecule has 3 rings (SSSR count). The Morgan fingerprint density at radius 3 is 2.02 bits per heavy atom. The summed E-state index contributed by atoms with van der Waals surface area (Å²) in [6.45, 7) is 4.89. The minimum absolute atomic E-state index is 0.0184. The zero-order valence-electron chi connectivity index (χ0n) is 22.1. The van der Waals surface area contributed by atoms with Crippen LogP contribution in [0.2, 0.25) is 20.1 Å². The van der Waals surface area contributed by atoms with Gasteiger partial charge in [0.05, 0.1) is 20.6 Å². The molecule has 7 nitrogen and oxygen atoms in total. The molecule has 1 atom stereocenters. The Morgan fingerprint density at radius 2 is 1.45 bits per heavy atom. The van der Waals surface area contributed by atoms with E-state index in [-0.39, 0.29) is 33.6 Å². The van der Waals surface area contributed by atoms with Crippen LogP contribution in [0, 0.1) is 6.92 Å². The summed E-state index contributed by atoms with van der Waals surface area (Å²) in [6, 6.07) is 14.7.